The third kappa shape index (κ3) is 4.79. The lowest BCUT2D eigenvalue weighted by molar-refractivity contribution is 0.661. The van der Waals surface area contributed by atoms with Gasteiger partial charge in [-0.15, -0.1) is 11.3 Å². The van der Waals surface area contributed by atoms with Gasteiger partial charge in [-0.05, 0) is 146 Å². The van der Waals surface area contributed by atoms with E-state index in [1.54, 1.807) is 0 Å². The average molecular weight is 779 g/mol. The number of fused-ring (bicyclic) bond motifs is 11. The molecule has 13 rings (SSSR count). The highest BCUT2D eigenvalue weighted by Crippen LogP contribution is 2.52. The first-order valence-electron chi connectivity index (χ1n) is 21.0. The number of hydrogen-bond acceptors (Lipinski definition) is 1. The van der Waals surface area contributed by atoms with Gasteiger partial charge in [0.15, 0.2) is 0 Å². The van der Waals surface area contributed by atoms with Crippen molar-refractivity contribution in [3.63, 3.8) is 0 Å². The summed E-state index contributed by atoms with van der Waals surface area (Å²) in [5, 5.41) is 15.4. The normalized spacial score (nSPS) is 13.3. The van der Waals surface area contributed by atoms with Crippen LogP contribution in [0.3, 0.4) is 0 Å². The summed E-state index contributed by atoms with van der Waals surface area (Å²) in [6.07, 6.45) is 0. The van der Waals surface area contributed by atoms with E-state index < -0.39 is 0 Å². The summed E-state index contributed by atoms with van der Waals surface area (Å²) in [6, 6.07) is 73.1. The molecule has 1 aliphatic rings. The molecular formula is C59H38S. The van der Waals surface area contributed by atoms with E-state index in [1.165, 1.54) is 130 Å². The minimum absolute atomic E-state index is 0.0243. The van der Waals surface area contributed by atoms with Crippen LogP contribution in [-0.4, -0.2) is 0 Å². The van der Waals surface area contributed by atoms with E-state index >= 15 is 0 Å². The SMILES string of the molecule is CC1(C)c2ccccc2-c2cc3sc4cc5ccc(-c6ccc(-c7c8ccccc8c(-c8ccc9ccccc9c8)c8ccccc78)c7ccccc67)cc5cc4c3cc21. The fourth-order valence-electron chi connectivity index (χ4n) is 10.7. The molecule has 12 aromatic rings. The molecule has 1 heteroatoms. The maximum absolute atomic E-state index is 2.49. The minimum atomic E-state index is -0.0243. The molecule has 0 unspecified atom stereocenters. The first kappa shape index (κ1) is 33.9. The summed E-state index contributed by atoms with van der Waals surface area (Å²) in [4.78, 5) is 0. The van der Waals surface area contributed by atoms with Gasteiger partial charge in [0.05, 0.1) is 0 Å². The minimum Gasteiger partial charge on any atom is -0.135 e. The van der Waals surface area contributed by atoms with Crippen molar-refractivity contribution in [2.75, 3.05) is 0 Å². The van der Waals surface area contributed by atoms with Crippen molar-refractivity contribution < 1.29 is 0 Å². The van der Waals surface area contributed by atoms with Crippen LogP contribution in [-0.2, 0) is 5.41 Å². The second-order valence-electron chi connectivity index (χ2n) is 17.2. The molecule has 0 bridgehead atoms. The number of benzene rings is 11. The Hall–Kier alpha value is -7.06. The van der Waals surface area contributed by atoms with E-state index in [9.17, 15) is 0 Å². The van der Waals surface area contributed by atoms with Crippen LogP contribution in [0.4, 0.5) is 0 Å². The Morgan fingerprint density at radius 2 is 0.833 bits per heavy atom. The van der Waals surface area contributed by atoms with Gasteiger partial charge in [-0.3, -0.25) is 0 Å². The van der Waals surface area contributed by atoms with E-state index in [-0.39, 0.29) is 5.41 Å². The van der Waals surface area contributed by atoms with Gasteiger partial charge in [0, 0.05) is 25.6 Å². The van der Waals surface area contributed by atoms with Crippen molar-refractivity contribution in [1.82, 2.24) is 0 Å². The van der Waals surface area contributed by atoms with E-state index in [1.807, 2.05) is 11.3 Å². The molecule has 0 aliphatic heterocycles. The molecule has 0 N–H and O–H groups in total. The van der Waals surface area contributed by atoms with Crippen molar-refractivity contribution >= 4 is 85.4 Å². The van der Waals surface area contributed by atoms with Gasteiger partial charge in [0.25, 0.3) is 0 Å². The molecule has 0 radical (unpaired) electrons. The lowest BCUT2D eigenvalue weighted by Crippen LogP contribution is -2.14. The van der Waals surface area contributed by atoms with Gasteiger partial charge in [-0.25, -0.2) is 0 Å². The van der Waals surface area contributed by atoms with Crippen LogP contribution in [0.5, 0.6) is 0 Å². The molecule has 1 aliphatic carbocycles. The third-order valence-corrected chi connectivity index (χ3v) is 14.7. The van der Waals surface area contributed by atoms with Crippen LogP contribution in [0.2, 0.25) is 0 Å². The summed E-state index contributed by atoms with van der Waals surface area (Å²) in [5.41, 5.74) is 13.2. The van der Waals surface area contributed by atoms with E-state index in [0.29, 0.717) is 0 Å². The lowest BCUT2D eigenvalue weighted by Gasteiger charge is -2.21. The Morgan fingerprint density at radius 1 is 0.300 bits per heavy atom. The van der Waals surface area contributed by atoms with Gasteiger partial charge < -0.3 is 0 Å². The predicted octanol–water partition coefficient (Wildman–Crippen LogP) is 17.1. The number of hydrogen-bond donors (Lipinski definition) is 0. The maximum Gasteiger partial charge on any atom is 0.0361 e. The highest BCUT2D eigenvalue weighted by atomic mass is 32.1. The van der Waals surface area contributed by atoms with Crippen LogP contribution in [0.15, 0.2) is 194 Å². The number of rotatable bonds is 3. The first-order chi connectivity index (χ1) is 29.5. The molecule has 0 atom stereocenters. The van der Waals surface area contributed by atoms with Crippen molar-refractivity contribution in [3.05, 3.63) is 205 Å². The van der Waals surface area contributed by atoms with E-state index in [2.05, 4.69) is 208 Å². The quantitative estimate of drug-likeness (QED) is 0.157. The van der Waals surface area contributed by atoms with Crippen LogP contribution in [0.25, 0.3) is 119 Å². The molecule has 0 amide bonds. The van der Waals surface area contributed by atoms with Crippen molar-refractivity contribution in [3.8, 4) is 44.5 Å². The van der Waals surface area contributed by atoms with E-state index in [4.69, 9.17) is 0 Å². The van der Waals surface area contributed by atoms with Crippen LogP contribution in [0.1, 0.15) is 25.0 Å². The molecule has 60 heavy (non-hydrogen) atoms. The fraction of sp³-hybridized carbons (Fsp3) is 0.0508. The zero-order chi connectivity index (χ0) is 39.7. The van der Waals surface area contributed by atoms with Crippen molar-refractivity contribution in [2.45, 2.75) is 19.3 Å². The van der Waals surface area contributed by atoms with Crippen LogP contribution < -0.4 is 0 Å². The van der Waals surface area contributed by atoms with Crippen LogP contribution in [0, 0.1) is 0 Å². The summed E-state index contributed by atoms with van der Waals surface area (Å²) in [5.74, 6) is 0. The topological polar surface area (TPSA) is 0 Å². The Labute approximate surface area is 352 Å². The van der Waals surface area contributed by atoms with Gasteiger partial charge in [-0.1, -0.05) is 172 Å². The molecule has 1 aromatic heterocycles. The molecule has 0 fully saturated rings. The second-order valence-corrected chi connectivity index (χ2v) is 18.3. The standard InChI is InChI=1S/C59H38S/c1-59(2)53-22-12-11-17-44(53)50-34-56-52(33-54(50)59)51-31-40-30-38(25-24-37(40)32-55(51)60-56)41-27-28-49(43-16-6-5-15-42(41)43)58-47-20-9-7-18-45(47)57(46-19-8-10-21-48(46)58)39-26-23-35-13-3-4-14-36(35)29-39/h3-34H,1-2H3. The van der Waals surface area contributed by atoms with Gasteiger partial charge in [-0.2, -0.15) is 0 Å². The zero-order valence-electron chi connectivity index (χ0n) is 33.4. The Bertz CT molecular complexity index is 3750. The summed E-state index contributed by atoms with van der Waals surface area (Å²) in [6.45, 7) is 4.75. The molecule has 11 aromatic carbocycles. The van der Waals surface area contributed by atoms with Crippen molar-refractivity contribution in [2.24, 2.45) is 0 Å². The monoisotopic (exact) mass is 778 g/mol. The average Bonchev–Trinajstić information content (AvgIpc) is 3.75. The lowest BCUT2D eigenvalue weighted by atomic mass is 9.82. The van der Waals surface area contributed by atoms with Gasteiger partial charge in [0.1, 0.15) is 0 Å². The fourth-order valence-corrected chi connectivity index (χ4v) is 11.9. The highest BCUT2D eigenvalue weighted by Gasteiger charge is 2.35. The summed E-state index contributed by atoms with van der Waals surface area (Å²) < 4.78 is 2.71. The Balaban J connectivity index is 0.986. The molecule has 0 saturated heterocycles. The Kier molecular flexibility index (Phi) is 7.04. The zero-order valence-corrected chi connectivity index (χ0v) is 34.2. The summed E-state index contributed by atoms with van der Waals surface area (Å²) >= 11 is 1.92. The van der Waals surface area contributed by atoms with Gasteiger partial charge in [0.2, 0.25) is 0 Å². The predicted molar refractivity (Wildman–Crippen MR) is 261 cm³/mol. The number of thiophene rings is 1. The first-order valence-corrected chi connectivity index (χ1v) is 21.8. The summed E-state index contributed by atoms with van der Waals surface area (Å²) in [7, 11) is 0. The molecular weight excluding hydrogens is 741 g/mol. The molecule has 0 spiro atoms. The largest absolute Gasteiger partial charge is 0.135 e. The third-order valence-electron chi connectivity index (χ3n) is 13.6. The van der Waals surface area contributed by atoms with E-state index in [0.717, 1.165) is 0 Å². The molecule has 0 nitrogen and oxygen atoms in total. The van der Waals surface area contributed by atoms with Crippen LogP contribution >= 0.6 is 11.3 Å². The second kappa shape index (κ2) is 12.5. The Morgan fingerprint density at radius 3 is 1.60 bits per heavy atom. The smallest absolute Gasteiger partial charge is 0.0361 e. The molecule has 0 saturated carbocycles. The molecule has 1 heterocycles. The van der Waals surface area contributed by atoms with Crippen molar-refractivity contribution in [1.29, 1.82) is 0 Å². The van der Waals surface area contributed by atoms with Gasteiger partial charge >= 0.3 is 0 Å². The maximum atomic E-state index is 2.49. The molecule has 280 valence electrons. The highest BCUT2D eigenvalue weighted by molar-refractivity contribution is 7.26.